The number of halogens is 1. The smallest absolute Gasteiger partial charge is 0.261 e. The molecule has 0 aliphatic heterocycles. The zero-order valence-corrected chi connectivity index (χ0v) is 11.1. The van der Waals surface area contributed by atoms with Crippen LogP contribution in [-0.4, -0.2) is 25.7 Å². The Bertz CT molecular complexity index is 681. The quantitative estimate of drug-likeness (QED) is 0.803. The Morgan fingerprint density at radius 1 is 1.39 bits per heavy atom. The normalized spacial score (nSPS) is 11.5. The van der Waals surface area contributed by atoms with Crippen LogP contribution in [0.25, 0.3) is 11.5 Å². The fraction of sp³-hybridized carbons (Fsp3) is 0.200. The minimum Gasteiger partial charge on any atom is -0.496 e. The van der Waals surface area contributed by atoms with E-state index < -0.39 is 9.05 Å². The summed E-state index contributed by atoms with van der Waals surface area (Å²) in [4.78, 5) is 3.96. The van der Waals surface area contributed by atoms with Crippen LogP contribution in [0.4, 0.5) is 0 Å². The molecular formula is C10H9ClN2O4S. The second kappa shape index (κ2) is 4.58. The molecule has 0 saturated carbocycles. The maximum Gasteiger partial charge on any atom is 0.261 e. The zero-order valence-electron chi connectivity index (χ0n) is 9.55. The summed E-state index contributed by atoms with van der Waals surface area (Å²) in [6, 6.07) is 4.14. The molecule has 8 heteroatoms. The minimum absolute atomic E-state index is 0.0594. The summed E-state index contributed by atoms with van der Waals surface area (Å²) in [7, 11) is 2.91. The van der Waals surface area contributed by atoms with Crippen LogP contribution in [0, 0.1) is 6.92 Å². The molecule has 0 atom stereocenters. The molecule has 0 amide bonds. The molecule has 1 heterocycles. The van der Waals surface area contributed by atoms with Crippen molar-refractivity contribution >= 4 is 19.7 Å². The van der Waals surface area contributed by atoms with Crippen LogP contribution in [-0.2, 0) is 9.05 Å². The minimum atomic E-state index is -3.82. The van der Waals surface area contributed by atoms with E-state index in [1.165, 1.54) is 25.3 Å². The second-order valence-corrected chi connectivity index (χ2v) is 6.01. The summed E-state index contributed by atoms with van der Waals surface area (Å²) in [6.45, 7) is 1.65. The lowest BCUT2D eigenvalue weighted by Crippen LogP contribution is -1.94. The summed E-state index contributed by atoms with van der Waals surface area (Å²) in [5.41, 5.74) is 0.375. The van der Waals surface area contributed by atoms with Gasteiger partial charge in [-0.15, -0.1) is 0 Å². The van der Waals surface area contributed by atoms with E-state index in [0.29, 0.717) is 17.1 Å². The van der Waals surface area contributed by atoms with E-state index in [-0.39, 0.29) is 10.8 Å². The predicted octanol–water partition coefficient (Wildman–Crippen LogP) is 1.98. The Balaban J connectivity index is 2.63. The number of hydrogen-bond acceptors (Lipinski definition) is 6. The van der Waals surface area contributed by atoms with Crippen molar-refractivity contribution in [1.82, 2.24) is 10.1 Å². The van der Waals surface area contributed by atoms with Crippen LogP contribution in [0.3, 0.4) is 0 Å². The molecule has 0 unspecified atom stereocenters. The number of aryl methyl sites for hydroxylation is 1. The maximum absolute atomic E-state index is 11.3. The van der Waals surface area contributed by atoms with E-state index in [4.69, 9.17) is 19.9 Å². The molecule has 0 aliphatic carbocycles. The number of nitrogens with zero attached hydrogens (tertiary/aromatic N) is 2. The summed E-state index contributed by atoms with van der Waals surface area (Å²) in [6.07, 6.45) is 0. The summed E-state index contributed by atoms with van der Waals surface area (Å²) < 4.78 is 32.7. The molecule has 2 aromatic rings. The number of aromatic nitrogens is 2. The van der Waals surface area contributed by atoms with Crippen LogP contribution >= 0.6 is 10.7 Å². The molecule has 0 spiro atoms. The average molecular weight is 289 g/mol. The third-order valence-electron chi connectivity index (χ3n) is 2.21. The lowest BCUT2D eigenvalue weighted by atomic mass is 10.2. The van der Waals surface area contributed by atoms with Crippen molar-refractivity contribution in [2.75, 3.05) is 7.11 Å². The van der Waals surface area contributed by atoms with Gasteiger partial charge in [0, 0.05) is 10.7 Å². The van der Waals surface area contributed by atoms with Crippen molar-refractivity contribution in [1.29, 1.82) is 0 Å². The highest BCUT2D eigenvalue weighted by molar-refractivity contribution is 8.13. The molecule has 18 heavy (non-hydrogen) atoms. The van der Waals surface area contributed by atoms with Gasteiger partial charge in [0.1, 0.15) is 5.75 Å². The van der Waals surface area contributed by atoms with Gasteiger partial charge in [-0.05, 0) is 25.1 Å². The third kappa shape index (κ3) is 2.46. The van der Waals surface area contributed by atoms with E-state index >= 15 is 0 Å². The molecule has 1 aromatic carbocycles. The first-order valence-electron chi connectivity index (χ1n) is 4.85. The van der Waals surface area contributed by atoms with Crippen molar-refractivity contribution in [2.24, 2.45) is 0 Å². The first-order chi connectivity index (χ1) is 8.41. The molecule has 0 bridgehead atoms. The van der Waals surface area contributed by atoms with Crippen LogP contribution in [0.5, 0.6) is 5.75 Å². The fourth-order valence-electron chi connectivity index (χ4n) is 1.41. The van der Waals surface area contributed by atoms with Crippen molar-refractivity contribution in [2.45, 2.75) is 11.8 Å². The lowest BCUT2D eigenvalue weighted by molar-refractivity contribution is 0.403. The SMILES string of the molecule is COc1ccc(S(=O)(=O)Cl)cc1-c1nc(C)no1. The third-order valence-corrected chi connectivity index (χ3v) is 3.56. The Morgan fingerprint density at radius 3 is 2.61 bits per heavy atom. The van der Waals surface area contributed by atoms with Crippen molar-refractivity contribution < 1.29 is 17.7 Å². The predicted molar refractivity (Wildman–Crippen MR) is 64.1 cm³/mol. The van der Waals surface area contributed by atoms with Crippen LogP contribution in [0.1, 0.15) is 5.82 Å². The van der Waals surface area contributed by atoms with E-state index in [0.717, 1.165) is 0 Å². The summed E-state index contributed by atoms with van der Waals surface area (Å²) >= 11 is 0. The molecular weight excluding hydrogens is 280 g/mol. The number of hydrogen-bond donors (Lipinski definition) is 0. The van der Waals surface area contributed by atoms with Crippen molar-refractivity contribution in [3.05, 3.63) is 24.0 Å². The van der Waals surface area contributed by atoms with Crippen LogP contribution in [0.2, 0.25) is 0 Å². The molecule has 0 N–H and O–H groups in total. The topological polar surface area (TPSA) is 82.3 Å². The van der Waals surface area contributed by atoms with Crippen LogP contribution < -0.4 is 4.74 Å². The van der Waals surface area contributed by atoms with Gasteiger partial charge in [-0.3, -0.25) is 0 Å². The van der Waals surface area contributed by atoms with Gasteiger partial charge in [0.2, 0.25) is 0 Å². The van der Waals surface area contributed by atoms with Gasteiger partial charge in [0.05, 0.1) is 17.6 Å². The van der Waals surface area contributed by atoms with Gasteiger partial charge in [0.25, 0.3) is 14.9 Å². The Morgan fingerprint density at radius 2 is 2.11 bits per heavy atom. The Kier molecular flexibility index (Phi) is 3.27. The molecule has 6 nitrogen and oxygen atoms in total. The first kappa shape index (κ1) is 12.8. The van der Waals surface area contributed by atoms with E-state index in [2.05, 4.69) is 10.1 Å². The number of rotatable bonds is 3. The van der Waals surface area contributed by atoms with E-state index in [1.807, 2.05) is 0 Å². The number of benzene rings is 1. The molecule has 1 aromatic heterocycles. The van der Waals surface area contributed by atoms with Gasteiger partial charge < -0.3 is 9.26 Å². The van der Waals surface area contributed by atoms with Gasteiger partial charge in [0.15, 0.2) is 5.82 Å². The summed E-state index contributed by atoms with van der Waals surface area (Å²) in [5, 5.41) is 3.64. The molecule has 96 valence electrons. The lowest BCUT2D eigenvalue weighted by Gasteiger charge is -2.05. The fourth-order valence-corrected chi connectivity index (χ4v) is 2.19. The highest BCUT2D eigenvalue weighted by Gasteiger charge is 2.18. The van der Waals surface area contributed by atoms with Gasteiger partial charge in [-0.2, -0.15) is 4.98 Å². The van der Waals surface area contributed by atoms with Gasteiger partial charge in [-0.1, -0.05) is 5.16 Å². The van der Waals surface area contributed by atoms with E-state index in [1.54, 1.807) is 6.92 Å². The molecule has 0 radical (unpaired) electrons. The largest absolute Gasteiger partial charge is 0.496 e. The van der Waals surface area contributed by atoms with Crippen molar-refractivity contribution in [3.63, 3.8) is 0 Å². The van der Waals surface area contributed by atoms with Gasteiger partial charge in [-0.25, -0.2) is 8.42 Å². The second-order valence-electron chi connectivity index (χ2n) is 3.45. The summed E-state index contributed by atoms with van der Waals surface area (Å²) in [5.74, 6) is 1.03. The monoisotopic (exact) mass is 288 g/mol. The molecule has 0 saturated heterocycles. The zero-order chi connectivity index (χ0) is 13.3. The highest BCUT2D eigenvalue weighted by atomic mass is 35.7. The first-order valence-corrected chi connectivity index (χ1v) is 7.16. The number of ether oxygens (including phenoxy) is 1. The van der Waals surface area contributed by atoms with Crippen LogP contribution in [0.15, 0.2) is 27.6 Å². The molecule has 2 rings (SSSR count). The van der Waals surface area contributed by atoms with E-state index in [9.17, 15) is 8.42 Å². The molecule has 0 aliphatic rings. The standard InChI is InChI=1S/C10H9ClN2O4S/c1-6-12-10(17-13-6)8-5-7(18(11,14)15)3-4-9(8)16-2/h3-5H,1-2H3. The maximum atomic E-state index is 11.3. The Labute approximate surface area is 108 Å². The van der Waals surface area contributed by atoms with Gasteiger partial charge >= 0.3 is 0 Å². The molecule has 0 fully saturated rings. The Hall–Kier alpha value is -1.60. The average Bonchev–Trinajstić information content (AvgIpc) is 2.73. The van der Waals surface area contributed by atoms with Crippen molar-refractivity contribution in [3.8, 4) is 17.2 Å². The number of methoxy groups -OCH3 is 1. The highest BCUT2D eigenvalue weighted by Crippen LogP contribution is 2.32.